The maximum Gasteiger partial charge on any atom is 0.337 e. The maximum atomic E-state index is 11.2. The SMILES string of the molecule is COC(=O)c1ccc(CNc2ncccn2)cc1. The maximum absolute atomic E-state index is 11.2. The fourth-order valence-electron chi connectivity index (χ4n) is 1.45. The Morgan fingerprint density at radius 1 is 1.22 bits per heavy atom. The molecule has 5 heteroatoms. The number of nitrogens with zero attached hydrogens (tertiary/aromatic N) is 2. The van der Waals surface area contributed by atoms with E-state index in [2.05, 4.69) is 20.0 Å². The highest BCUT2D eigenvalue weighted by Gasteiger charge is 2.04. The molecule has 5 nitrogen and oxygen atoms in total. The molecule has 0 aliphatic carbocycles. The van der Waals surface area contributed by atoms with Gasteiger partial charge in [0.15, 0.2) is 0 Å². The van der Waals surface area contributed by atoms with Crippen LogP contribution in [-0.4, -0.2) is 23.0 Å². The van der Waals surface area contributed by atoms with Crippen LogP contribution in [0.5, 0.6) is 0 Å². The van der Waals surface area contributed by atoms with E-state index in [0.29, 0.717) is 18.1 Å². The number of esters is 1. The summed E-state index contributed by atoms with van der Waals surface area (Å²) in [7, 11) is 1.37. The van der Waals surface area contributed by atoms with Gasteiger partial charge in [0.2, 0.25) is 5.95 Å². The third kappa shape index (κ3) is 3.04. The van der Waals surface area contributed by atoms with Crippen molar-refractivity contribution >= 4 is 11.9 Å². The number of nitrogens with one attached hydrogen (secondary N) is 1. The molecule has 0 amide bonds. The molecule has 92 valence electrons. The topological polar surface area (TPSA) is 64.1 Å². The van der Waals surface area contributed by atoms with E-state index in [4.69, 9.17) is 0 Å². The second-order valence-electron chi connectivity index (χ2n) is 3.61. The average Bonchev–Trinajstić information content (AvgIpc) is 2.46. The largest absolute Gasteiger partial charge is 0.465 e. The fraction of sp³-hybridized carbons (Fsp3) is 0.154. The van der Waals surface area contributed by atoms with Gasteiger partial charge in [-0.05, 0) is 23.8 Å². The molecule has 0 atom stereocenters. The van der Waals surface area contributed by atoms with Gasteiger partial charge in [-0.1, -0.05) is 12.1 Å². The number of ether oxygens (including phenoxy) is 1. The van der Waals surface area contributed by atoms with Crippen molar-refractivity contribution in [2.75, 3.05) is 12.4 Å². The minimum Gasteiger partial charge on any atom is -0.465 e. The molecule has 0 bridgehead atoms. The first kappa shape index (κ1) is 12.0. The van der Waals surface area contributed by atoms with Gasteiger partial charge in [0.1, 0.15) is 0 Å². The summed E-state index contributed by atoms with van der Waals surface area (Å²) >= 11 is 0. The van der Waals surface area contributed by atoms with E-state index in [1.165, 1.54) is 7.11 Å². The van der Waals surface area contributed by atoms with Gasteiger partial charge in [-0.15, -0.1) is 0 Å². The van der Waals surface area contributed by atoms with E-state index < -0.39 is 0 Å². The summed E-state index contributed by atoms with van der Waals surface area (Å²) in [5.74, 6) is 0.246. The normalized spacial score (nSPS) is 9.83. The van der Waals surface area contributed by atoms with Crippen LogP contribution in [0.4, 0.5) is 5.95 Å². The highest BCUT2D eigenvalue weighted by atomic mass is 16.5. The number of benzene rings is 1. The Morgan fingerprint density at radius 2 is 1.89 bits per heavy atom. The molecule has 0 aliphatic heterocycles. The van der Waals surface area contributed by atoms with E-state index in [0.717, 1.165) is 5.56 Å². The van der Waals surface area contributed by atoms with Crippen molar-refractivity contribution in [3.63, 3.8) is 0 Å². The molecule has 2 aromatic rings. The lowest BCUT2D eigenvalue weighted by atomic mass is 10.1. The zero-order valence-electron chi connectivity index (χ0n) is 9.96. The number of carbonyl (C=O) groups excluding carboxylic acids is 1. The third-order valence-corrected chi connectivity index (χ3v) is 2.39. The van der Waals surface area contributed by atoms with E-state index in [-0.39, 0.29) is 5.97 Å². The molecule has 1 aromatic carbocycles. The van der Waals surface area contributed by atoms with Gasteiger partial charge >= 0.3 is 5.97 Å². The van der Waals surface area contributed by atoms with Crippen LogP contribution in [-0.2, 0) is 11.3 Å². The van der Waals surface area contributed by atoms with Gasteiger partial charge in [-0.3, -0.25) is 0 Å². The third-order valence-electron chi connectivity index (χ3n) is 2.39. The average molecular weight is 243 g/mol. The molecule has 1 aromatic heterocycles. The van der Waals surface area contributed by atoms with Gasteiger partial charge in [-0.25, -0.2) is 14.8 Å². The fourth-order valence-corrected chi connectivity index (χ4v) is 1.45. The molecule has 0 saturated heterocycles. The van der Waals surface area contributed by atoms with E-state index in [1.54, 1.807) is 30.6 Å². The summed E-state index contributed by atoms with van der Waals surface area (Å²) < 4.78 is 4.63. The van der Waals surface area contributed by atoms with Gasteiger partial charge < -0.3 is 10.1 Å². The van der Waals surface area contributed by atoms with Crippen LogP contribution in [0, 0.1) is 0 Å². The number of methoxy groups -OCH3 is 1. The van der Waals surface area contributed by atoms with Gasteiger partial charge in [0, 0.05) is 18.9 Å². The van der Waals surface area contributed by atoms with Crippen LogP contribution >= 0.6 is 0 Å². The van der Waals surface area contributed by atoms with Crippen LogP contribution in [0.25, 0.3) is 0 Å². The van der Waals surface area contributed by atoms with Crippen LogP contribution < -0.4 is 5.32 Å². The molecule has 2 rings (SSSR count). The number of aromatic nitrogens is 2. The van der Waals surface area contributed by atoms with Crippen LogP contribution in [0.2, 0.25) is 0 Å². The van der Waals surface area contributed by atoms with Crippen LogP contribution in [0.1, 0.15) is 15.9 Å². The summed E-state index contributed by atoms with van der Waals surface area (Å²) in [6, 6.07) is 8.95. The summed E-state index contributed by atoms with van der Waals surface area (Å²) in [6.45, 7) is 0.603. The van der Waals surface area contributed by atoms with Crippen molar-refractivity contribution in [3.05, 3.63) is 53.9 Å². The predicted molar refractivity (Wildman–Crippen MR) is 67.1 cm³/mol. The van der Waals surface area contributed by atoms with E-state index >= 15 is 0 Å². The smallest absolute Gasteiger partial charge is 0.337 e. The predicted octanol–water partition coefficient (Wildman–Crippen LogP) is 1.88. The molecule has 0 fully saturated rings. The molecule has 0 radical (unpaired) electrons. The van der Waals surface area contributed by atoms with Crippen molar-refractivity contribution in [1.82, 2.24) is 9.97 Å². The van der Waals surface area contributed by atoms with Crippen molar-refractivity contribution in [3.8, 4) is 0 Å². The lowest BCUT2D eigenvalue weighted by molar-refractivity contribution is 0.0600. The van der Waals surface area contributed by atoms with Gasteiger partial charge in [0.05, 0.1) is 12.7 Å². The molecule has 0 saturated carbocycles. The summed E-state index contributed by atoms with van der Waals surface area (Å²) in [4.78, 5) is 19.4. The Balaban J connectivity index is 1.97. The van der Waals surface area contributed by atoms with E-state index in [9.17, 15) is 4.79 Å². The van der Waals surface area contributed by atoms with Crippen LogP contribution in [0.15, 0.2) is 42.7 Å². The first-order valence-corrected chi connectivity index (χ1v) is 5.48. The number of rotatable bonds is 4. The minimum atomic E-state index is -0.332. The standard InChI is InChI=1S/C13H13N3O2/c1-18-12(17)11-5-3-10(4-6-11)9-16-13-14-7-2-8-15-13/h2-8H,9H2,1H3,(H,14,15,16). The number of carbonyl (C=O) groups is 1. The Morgan fingerprint density at radius 3 is 2.50 bits per heavy atom. The molecule has 0 unspecified atom stereocenters. The van der Waals surface area contributed by atoms with Gasteiger partial charge in [-0.2, -0.15) is 0 Å². The lowest BCUT2D eigenvalue weighted by Gasteiger charge is -2.05. The van der Waals surface area contributed by atoms with Crippen LogP contribution in [0.3, 0.4) is 0 Å². The first-order valence-electron chi connectivity index (χ1n) is 5.48. The molecular weight excluding hydrogens is 230 g/mol. The summed E-state index contributed by atoms with van der Waals surface area (Å²) in [6.07, 6.45) is 3.35. The number of anilines is 1. The van der Waals surface area contributed by atoms with Crippen molar-refractivity contribution < 1.29 is 9.53 Å². The highest BCUT2D eigenvalue weighted by molar-refractivity contribution is 5.89. The van der Waals surface area contributed by atoms with Crippen molar-refractivity contribution in [2.45, 2.75) is 6.54 Å². The monoisotopic (exact) mass is 243 g/mol. The zero-order chi connectivity index (χ0) is 12.8. The molecule has 0 spiro atoms. The first-order chi connectivity index (χ1) is 8.79. The van der Waals surface area contributed by atoms with Crippen molar-refractivity contribution in [2.24, 2.45) is 0 Å². The number of hydrogen-bond donors (Lipinski definition) is 1. The minimum absolute atomic E-state index is 0.332. The quantitative estimate of drug-likeness (QED) is 0.830. The van der Waals surface area contributed by atoms with Gasteiger partial charge in [0.25, 0.3) is 0 Å². The number of hydrogen-bond acceptors (Lipinski definition) is 5. The van der Waals surface area contributed by atoms with E-state index in [1.807, 2.05) is 12.1 Å². The summed E-state index contributed by atoms with van der Waals surface area (Å²) in [5, 5.41) is 3.09. The molecule has 1 N–H and O–H groups in total. The molecule has 0 aliphatic rings. The van der Waals surface area contributed by atoms with Crippen molar-refractivity contribution in [1.29, 1.82) is 0 Å². The summed E-state index contributed by atoms with van der Waals surface area (Å²) in [5.41, 5.74) is 1.58. The molecular formula is C13H13N3O2. The Bertz CT molecular complexity index is 512. The molecule has 1 heterocycles. The zero-order valence-corrected chi connectivity index (χ0v) is 9.96. The Hall–Kier alpha value is -2.43. The second-order valence-corrected chi connectivity index (χ2v) is 3.61. The molecule has 18 heavy (non-hydrogen) atoms. The second kappa shape index (κ2) is 5.77. The highest BCUT2D eigenvalue weighted by Crippen LogP contribution is 2.07. The Kier molecular flexibility index (Phi) is 3.86. The lowest BCUT2D eigenvalue weighted by Crippen LogP contribution is -2.04. The Labute approximate surface area is 105 Å².